The van der Waals surface area contributed by atoms with Gasteiger partial charge in [-0.2, -0.15) is 0 Å². The minimum atomic E-state index is -0.885. The van der Waals surface area contributed by atoms with E-state index in [0.717, 1.165) is 7.11 Å². The smallest absolute Gasteiger partial charge is 0.438 e. The summed E-state index contributed by atoms with van der Waals surface area (Å²) >= 11 is 5.43. The van der Waals surface area contributed by atoms with E-state index in [4.69, 9.17) is 11.6 Å². The Hall–Kier alpha value is -1.17. The summed E-state index contributed by atoms with van der Waals surface area (Å²) in [4.78, 5) is 21.1. The van der Waals surface area contributed by atoms with E-state index in [9.17, 15) is 9.59 Å². The number of methoxy groups -OCH3 is 2. The van der Waals surface area contributed by atoms with E-state index in [1.165, 1.54) is 7.11 Å². The molecule has 0 heterocycles. The fourth-order valence-electron chi connectivity index (χ4n) is 0.514. The SMILES string of the molecule is COC(=O)OCC(CCl)OC(=O)OC. The van der Waals surface area contributed by atoms with Crippen molar-refractivity contribution in [2.75, 3.05) is 26.7 Å². The second-order valence-corrected chi connectivity index (χ2v) is 2.42. The van der Waals surface area contributed by atoms with Crippen molar-refractivity contribution < 1.29 is 28.5 Å². The van der Waals surface area contributed by atoms with Crippen LogP contribution in [-0.4, -0.2) is 45.1 Å². The van der Waals surface area contributed by atoms with Gasteiger partial charge < -0.3 is 18.9 Å². The molecule has 1 atom stereocenters. The van der Waals surface area contributed by atoms with Crippen molar-refractivity contribution >= 4 is 23.9 Å². The van der Waals surface area contributed by atoms with Crippen LogP contribution in [0.5, 0.6) is 0 Å². The van der Waals surface area contributed by atoms with Crippen LogP contribution in [0.15, 0.2) is 0 Å². The first-order valence-electron chi connectivity index (χ1n) is 3.65. The maximum Gasteiger partial charge on any atom is 0.508 e. The second-order valence-electron chi connectivity index (χ2n) is 2.11. The quantitative estimate of drug-likeness (QED) is 0.529. The van der Waals surface area contributed by atoms with Gasteiger partial charge in [-0.25, -0.2) is 9.59 Å². The Labute approximate surface area is 86.0 Å². The summed E-state index contributed by atoms with van der Waals surface area (Å²) in [6.07, 6.45) is -2.50. The number of hydrogen-bond acceptors (Lipinski definition) is 6. The topological polar surface area (TPSA) is 71.1 Å². The van der Waals surface area contributed by atoms with Crippen LogP contribution < -0.4 is 0 Å². The Kier molecular flexibility index (Phi) is 6.65. The lowest BCUT2D eigenvalue weighted by molar-refractivity contribution is 0.00151. The maximum absolute atomic E-state index is 10.6. The van der Waals surface area contributed by atoms with Crippen LogP contribution in [0.3, 0.4) is 0 Å². The maximum atomic E-state index is 10.6. The van der Waals surface area contributed by atoms with Crippen LogP contribution in [0.1, 0.15) is 0 Å². The predicted molar refractivity (Wildman–Crippen MR) is 46.4 cm³/mol. The van der Waals surface area contributed by atoms with Gasteiger partial charge in [0.25, 0.3) is 0 Å². The number of alkyl halides is 1. The molecule has 0 bridgehead atoms. The molecule has 0 radical (unpaired) electrons. The highest BCUT2D eigenvalue weighted by Gasteiger charge is 2.16. The van der Waals surface area contributed by atoms with Crippen LogP contribution in [0.25, 0.3) is 0 Å². The normalized spacial score (nSPS) is 11.4. The lowest BCUT2D eigenvalue weighted by atomic mass is 10.4. The van der Waals surface area contributed by atoms with Crippen LogP contribution in [0.2, 0.25) is 0 Å². The fourth-order valence-corrected chi connectivity index (χ4v) is 0.666. The molecule has 0 aromatic carbocycles. The summed E-state index contributed by atoms with van der Waals surface area (Å²) in [5, 5.41) is 0. The Balaban J connectivity index is 3.79. The molecule has 0 N–H and O–H groups in total. The van der Waals surface area contributed by atoms with Gasteiger partial charge in [-0.15, -0.1) is 11.6 Å². The van der Waals surface area contributed by atoms with E-state index in [1.54, 1.807) is 0 Å². The predicted octanol–water partition coefficient (Wildman–Crippen LogP) is 1.16. The van der Waals surface area contributed by atoms with Gasteiger partial charge >= 0.3 is 12.3 Å². The molecule has 0 aliphatic heterocycles. The van der Waals surface area contributed by atoms with Crippen molar-refractivity contribution in [1.82, 2.24) is 0 Å². The van der Waals surface area contributed by atoms with Gasteiger partial charge in [0, 0.05) is 0 Å². The van der Waals surface area contributed by atoms with Crippen molar-refractivity contribution in [1.29, 1.82) is 0 Å². The number of rotatable bonds is 4. The number of carbonyl (C=O) groups is 2. The highest BCUT2D eigenvalue weighted by atomic mass is 35.5. The van der Waals surface area contributed by atoms with E-state index < -0.39 is 18.4 Å². The van der Waals surface area contributed by atoms with Crippen molar-refractivity contribution in [3.05, 3.63) is 0 Å². The Morgan fingerprint density at radius 3 is 2.21 bits per heavy atom. The van der Waals surface area contributed by atoms with E-state index in [0.29, 0.717) is 0 Å². The Morgan fingerprint density at radius 2 is 1.79 bits per heavy atom. The number of carbonyl (C=O) groups excluding carboxylic acids is 2. The van der Waals surface area contributed by atoms with Gasteiger partial charge in [-0.1, -0.05) is 0 Å². The van der Waals surface area contributed by atoms with Crippen LogP contribution in [-0.2, 0) is 18.9 Å². The first-order valence-corrected chi connectivity index (χ1v) is 4.18. The number of ether oxygens (including phenoxy) is 4. The monoisotopic (exact) mass is 226 g/mol. The van der Waals surface area contributed by atoms with Gasteiger partial charge in [0.2, 0.25) is 0 Å². The van der Waals surface area contributed by atoms with Crippen molar-refractivity contribution in [2.45, 2.75) is 6.10 Å². The fraction of sp³-hybridized carbons (Fsp3) is 0.714. The van der Waals surface area contributed by atoms with Gasteiger partial charge in [-0.3, -0.25) is 0 Å². The number of halogens is 1. The lowest BCUT2D eigenvalue weighted by Crippen LogP contribution is -2.26. The summed E-state index contributed by atoms with van der Waals surface area (Å²) in [5.41, 5.74) is 0. The molecule has 7 heteroatoms. The molecule has 6 nitrogen and oxygen atoms in total. The van der Waals surface area contributed by atoms with Crippen LogP contribution >= 0.6 is 11.6 Å². The van der Waals surface area contributed by atoms with Crippen molar-refractivity contribution in [2.24, 2.45) is 0 Å². The molecule has 0 aromatic heterocycles. The van der Waals surface area contributed by atoms with Crippen LogP contribution in [0, 0.1) is 0 Å². The zero-order valence-electron chi connectivity index (χ0n) is 7.82. The Morgan fingerprint density at radius 1 is 1.21 bits per heavy atom. The van der Waals surface area contributed by atoms with Crippen LogP contribution in [0.4, 0.5) is 9.59 Å². The Bertz CT molecular complexity index is 195. The van der Waals surface area contributed by atoms with Gasteiger partial charge in [0.1, 0.15) is 6.61 Å². The summed E-state index contributed by atoms with van der Waals surface area (Å²) in [5.74, 6) is -0.00784. The molecule has 0 rings (SSSR count). The average Bonchev–Trinajstić information content (AvgIpc) is 2.22. The molecule has 0 fully saturated rings. The molecule has 0 aromatic rings. The molecule has 0 aliphatic carbocycles. The molecular formula is C7H11ClO6. The third kappa shape index (κ3) is 5.47. The second kappa shape index (κ2) is 7.25. The third-order valence-electron chi connectivity index (χ3n) is 1.16. The highest BCUT2D eigenvalue weighted by Crippen LogP contribution is 1.99. The summed E-state index contributed by atoms with van der Waals surface area (Å²) in [6.45, 7) is -0.175. The minimum absolute atomic E-state index is 0.00784. The zero-order chi connectivity index (χ0) is 11.0. The molecule has 1 unspecified atom stereocenters. The van der Waals surface area contributed by atoms with Crippen molar-refractivity contribution in [3.8, 4) is 0 Å². The van der Waals surface area contributed by atoms with E-state index in [1.807, 2.05) is 0 Å². The molecule has 82 valence electrons. The molecule has 0 saturated heterocycles. The molecule has 0 aliphatic rings. The largest absolute Gasteiger partial charge is 0.508 e. The molecule has 14 heavy (non-hydrogen) atoms. The number of hydrogen-bond donors (Lipinski definition) is 0. The highest BCUT2D eigenvalue weighted by molar-refractivity contribution is 6.18. The molecule has 0 saturated carbocycles. The van der Waals surface area contributed by atoms with E-state index in [-0.39, 0.29) is 12.5 Å². The first-order chi connectivity index (χ1) is 6.63. The lowest BCUT2D eigenvalue weighted by Gasteiger charge is -2.13. The van der Waals surface area contributed by atoms with Gasteiger partial charge in [-0.05, 0) is 0 Å². The summed E-state index contributed by atoms with van der Waals surface area (Å²) in [6, 6.07) is 0. The summed E-state index contributed by atoms with van der Waals surface area (Å²) in [7, 11) is 2.33. The first kappa shape index (κ1) is 12.8. The average molecular weight is 227 g/mol. The van der Waals surface area contributed by atoms with E-state index in [2.05, 4.69) is 18.9 Å². The minimum Gasteiger partial charge on any atom is -0.438 e. The molecule has 0 spiro atoms. The van der Waals surface area contributed by atoms with Crippen molar-refractivity contribution in [3.63, 3.8) is 0 Å². The van der Waals surface area contributed by atoms with E-state index >= 15 is 0 Å². The van der Waals surface area contributed by atoms with Gasteiger partial charge in [0.05, 0.1) is 20.1 Å². The zero-order valence-corrected chi connectivity index (χ0v) is 8.57. The third-order valence-corrected chi connectivity index (χ3v) is 1.50. The van der Waals surface area contributed by atoms with Gasteiger partial charge in [0.15, 0.2) is 6.10 Å². The molecular weight excluding hydrogens is 216 g/mol. The standard InChI is InChI=1S/C7H11ClO6/c1-11-6(9)13-4-5(3-8)14-7(10)12-2/h5H,3-4H2,1-2H3. The summed E-state index contributed by atoms with van der Waals surface area (Å²) < 4.78 is 17.6. The molecule has 0 amide bonds.